The van der Waals surface area contributed by atoms with E-state index < -0.39 is 16.3 Å². The Kier molecular flexibility index (Phi) is 5.03. The van der Waals surface area contributed by atoms with Gasteiger partial charge in [0.25, 0.3) is 5.69 Å². The van der Waals surface area contributed by atoms with Crippen molar-refractivity contribution in [2.75, 3.05) is 5.43 Å². The Labute approximate surface area is 166 Å². The van der Waals surface area contributed by atoms with Crippen LogP contribution in [0.15, 0.2) is 47.1 Å². The van der Waals surface area contributed by atoms with Gasteiger partial charge < -0.3 is 5.11 Å². The predicted molar refractivity (Wildman–Crippen MR) is 104 cm³/mol. The zero-order chi connectivity index (χ0) is 21.3. The number of benzene rings is 1. The number of nitro benzene ring substituents is 1. The largest absolute Gasteiger partial charge is 0.506 e. The number of phenols is 1. The Bertz CT molecular complexity index is 1050. The van der Waals surface area contributed by atoms with Crippen LogP contribution in [0.25, 0.3) is 0 Å². The van der Waals surface area contributed by atoms with E-state index in [1.807, 2.05) is 6.07 Å². The minimum Gasteiger partial charge on any atom is -0.506 e. The number of ketones is 2. The van der Waals surface area contributed by atoms with E-state index in [9.17, 15) is 30.1 Å². The number of fused-ring (bicyclic) bond motifs is 1. The number of Topliss-reactive ketones (excluding diaryl/α,β-unsaturated/α-hetero) is 2. The summed E-state index contributed by atoms with van der Waals surface area (Å²) in [6.07, 6.45) is 2.72. The molecular weight excluding hydrogens is 376 g/mol. The quantitative estimate of drug-likeness (QED) is 0.338. The van der Waals surface area contributed by atoms with E-state index in [0.717, 1.165) is 18.2 Å². The first kappa shape index (κ1) is 19.9. The highest BCUT2D eigenvalue weighted by Gasteiger charge is 2.59. The molecule has 2 aliphatic rings. The average molecular weight is 394 g/mol. The zero-order valence-corrected chi connectivity index (χ0v) is 15.6. The number of carbonyl (C=O) groups excluding carboxylic acids is 2. The molecule has 1 saturated carbocycles. The first-order valence-electron chi connectivity index (χ1n) is 8.85. The Balaban J connectivity index is 2.04. The maximum absolute atomic E-state index is 13.0. The van der Waals surface area contributed by atoms with E-state index in [2.05, 4.69) is 17.1 Å². The Hall–Kier alpha value is -3.80. The molecule has 1 aromatic carbocycles. The minimum atomic E-state index is -0.635. The van der Waals surface area contributed by atoms with E-state index in [4.69, 9.17) is 0 Å². The number of nitriles is 1. The Morgan fingerprint density at radius 1 is 1.52 bits per heavy atom. The molecule has 1 fully saturated rings. The molecule has 0 aliphatic heterocycles. The van der Waals surface area contributed by atoms with Crippen molar-refractivity contribution in [2.24, 2.45) is 16.4 Å². The van der Waals surface area contributed by atoms with Crippen LogP contribution in [0.1, 0.15) is 26.2 Å². The second kappa shape index (κ2) is 7.31. The maximum Gasteiger partial charge on any atom is 0.271 e. The monoisotopic (exact) mass is 394 g/mol. The van der Waals surface area contributed by atoms with Crippen LogP contribution in [0, 0.1) is 32.8 Å². The highest BCUT2D eigenvalue weighted by atomic mass is 16.6. The van der Waals surface area contributed by atoms with E-state index in [1.165, 1.54) is 6.92 Å². The van der Waals surface area contributed by atoms with Crippen LogP contribution in [-0.4, -0.2) is 27.3 Å². The van der Waals surface area contributed by atoms with Crippen molar-refractivity contribution in [3.8, 4) is 11.8 Å². The second-order valence-electron chi connectivity index (χ2n) is 7.22. The van der Waals surface area contributed by atoms with Crippen LogP contribution in [0.3, 0.4) is 0 Å². The molecule has 0 amide bonds. The second-order valence-corrected chi connectivity index (χ2v) is 7.22. The lowest BCUT2D eigenvalue weighted by atomic mass is 9.83. The number of nitrogens with one attached hydrogen (secondary N) is 1. The summed E-state index contributed by atoms with van der Waals surface area (Å²) in [6, 6.07) is 5.18. The first-order valence-corrected chi connectivity index (χ1v) is 8.85. The third-order valence-corrected chi connectivity index (χ3v) is 5.40. The van der Waals surface area contributed by atoms with Gasteiger partial charge in [-0.1, -0.05) is 6.08 Å². The van der Waals surface area contributed by atoms with Crippen molar-refractivity contribution in [2.45, 2.75) is 26.2 Å². The van der Waals surface area contributed by atoms with Gasteiger partial charge in [-0.3, -0.25) is 25.1 Å². The van der Waals surface area contributed by atoms with Gasteiger partial charge in [0, 0.05) is 30.0 Å². The van der Waals surface area contributed by atoms with E-state index >= 15 is 0 Å². The van der Waals surface area contributed by atoms with Crippen LogP contribution >= 0.6 is 0 Å². The van der Waals surface area contributed by atoms with Gasteiger partial charge in [-0.25, -0.2) is 0 Å². The van der Waals surface area contributed by atoms with Gasteiger partial charge in [-0.15, -0.1) is 6.58 Å². The van der Waals surface area contributed by atoms with Crippen LogP contribution in [0.2, 0.25) is 0 Å². The van der Waals surface area contributed by atoms with Gasteiger partial charge >= 0.3 is 0 Å². The van der Waals surface area contributed by atoms with Crippen molar-refractivity contribution < 1.29 is 19.6 Å². The molecule has 1 aromatic rings. The van der Waals surface area contributed by atoms with Gasteiger partial charge in [-0.2, -0.15) is 10.4 Å². The Morgan fingerprint density at radius 3 is 2.86 bits per heavy atom. The zero-order valence-electron chi connectivity index (χ0n) is 15.6. The summed E-state index contributed by atoms with van der Waals surface area (Å²) in [7, 11) is 0. The molecule has 0 bridgehead atoms. The molecule has 9 nitrogen and oxygen atoms in total. The van der Waals surface area contributed by atoms with Crippen LogP contribution in [-0.2, 0) is 9.59 Å². The highest BCUT2D eigenvalue weighted by molar-refractivity contribution is 6.48. The molecule has 0 aromatic heterocycles. The summed E-state index contributed by atoms with van der Waals surface area (Å²) >= 11 is 0. The number of allylic oxidation sites excluding steroid dienone is 3. The lowest BCUT2D eigenvalue weighted by molar-refractivity contribution is -0.384. The van der Waals surface area contributed by atoms with Crippen molar-refractivity contribution in [3.63, 3.8) is 0 Å². The molecule has 3 rings (SSSR count). The molecule has 29 heavy (non-hydrogen) atoms. The molecule has 0 radical (unpaired) electrons. The van der Waals surface area contributed by atoms with Gasteiger partial charge in [0.05, 0.1) is 4.92 Å². The summed E-state index contributed by atoms with van der Waals surface area (Å²) in [5.41, 5.74) is 1.46. The maximum atomic E-state index is 13.0. The number of nitrogens with zero attached hydrogens (tertiary/aromatic N) is 3. The van der Waals surface area contributed by atoms with Gasteiger partial charge in [0.2, 0.25) is 0 Å². The average Bonchev–Trinajstić information content (AvgIpc) is 3.36. The van der Waals surface area contributed by atoms with Crippen molar-refractivity contribution in [3.05, 3.63) is 52.1 Å². The van der Waals surface area contributed by atoms with Crippen LogP contribution < -0.4 is 5.43 Å². The minimum absolute atomic E-state index is 0.0765. The van der Waals surface area contributed by atoms with Gasteiger partial charge in [-0.05, 0) is 31.2 Å². The third kappa shape index (κ3) is 3.52. The summed E-state index contributed by atoms with van der Waals surface area (Å²) < 4.78 is 0. The van der Waals surface area contributed by atoms with Crippen molar-refractivity contribution in [1.82, 2.24) is 0 Å². The Morgan fingerprint density at radius 2 is 2.24 bits per heavy atom. The summed E-state index contributed by atoms with van der Waals surface area (Å²) in [4.78, 5) is 36.0. The molecule has 2 N–H and O–H groups in total. The highest BCUT2D eigenvalue weighted by Crippen LogP contribution is 2.60. The van der Waals surface area contributed by atoms with Crippen LogP contribution in [0.5, 0.6) is 5.75 Å². The van der Waals surface area contributed by atoms with Crippen LogP contribution in [0.4, 0.5) is 11.4 Å². The number of hydrogen-bond donors (Lipinski definition) is 2. The molecular formula is C20H18N4O5. The van der Waals surface area contributed by atoms with Crippen molar-refractivity contribution >= 4 is 28.7 Å². The lowest BCUT2D eigenvalue weighted by Crippen LogP contribution is -2.28. The number of anilines is 1. The van der Waals surface area contributed by atoms with Crippen molar-refractivity contribution in [1.29, 1.82) is 5.26 Å². The SMILES string of the molecule is C=CCC12CC(=O)/C(C#N)=C(/C)C(=NNc3cc([N+](=O)[O-])ccc3O)C(=O)C1C2. The molecule has 0 saturated heterocycles. The standard InChI is InChI=1S/C20H18N4O5/c1-3-6-20-8-14(20)19(27)18(11(2)13(10-21)17(26)9-20)23-22-15-7-12(24(28)29)4-5-16(15)25/h3-5,7,14,22,25H,1,6,8-9H2,2H3/b13-11-,23-18?. The number of carbonyl (C=O) groups is 2. The summed E-state index contributed by atoms with van der Waals surface area (Å²) in [5, 5.41) is 34.3. The molecule has 148 valence electrons. The molecule has 0 spiro atoms. The first-order chi connectivity index (χ1) is 13.7. The van der Waals surface area contributed by atoms with E-state index in [1.54, 1.807) is 6.08 Å². The topological polar surface area (TPSA) is 146 Å². The van der Waals surface area contributed by atoms with E-state index in [0.29, 0.717) is 12.8 Å². The number of hydrogen-bond acceptors (Lipinski definition) is 8. The summed E-state index contributed by atoms with van der Waals surface area (Å²) in [6.45, 7) is 5.15. The molecule has 0 heterocycles. The summed E-state index contributed by atoms with van der Waals surface area (Å²) in [5.74, 6) is -1.39. The third-order valence-electron chi connectivity index (χ3n) is 5.40. The number of rotatable bonds is 5. The van der Waals surface area contributed by atoms with Gasteiger partial charge in [0.15, 0.2) is 11.6 Å². The fourth-order valence-corrected chi connectivity index (χ4v) is 3.71. The fourth-order valence-electron chi connectivity index (χ4n) is 3.71. The molecule has 2 unspecified atom stereocenters. The fraction of sp³-hybridized carbons (Fsp3) is 0.300. The molecule has 9 heteroatoms. The number of nitro groups is 1. The predicted octanol–water partition coefficient (Wildman–Crippen LogP) is 3.03. The number of aromatic hydroxyl groups is 1. The lowest BCUT2D eigenvalue weighted by Gasteiger charge is -2.19. The van der Waals surface area contributed by atoms with E-state index in [-0.39, 0.29) is 52.0 Å². The van der Waals surface area contributed by atoms with Gasteiger partial charge in [0.1, 0.15) is 28.8 Å². The number of hydrazone groups is 1. The number of phenolic OH excluding ortho intramolecular Hbond substituents is 1. The number of non-ortho nitro benzene ring substituents is 1. The smallest absolute Gasteiger partial charge is 0.271 e. The normalized spacial score (nSPS) is 27.4. The molecule has 2 aliphatic carbocycles. The molecule has 2 atom stereocenters.